The molecule has 1 aliphatic rings. The molecule has 3 rings (SSSR count). The Kier molecular flexibility index (Phi) is 6.33. The molecule has 0 unspecified atom stereocenters. The zero-order valence-electron chi connectivity index (χ0n) is 19.5. The molecule has 1 aromatic carbocycles. The molecular weight excluding hydrogens is 390 g/mol. The number of aromatic nitrogens is 2. The van der Waals surface area contributed by atoms with Crippen LogP contribution in [0.3, 0.4) is 0 Å². The molecule has 1 aromatic heterocycles. The summed E-state index contributed by atoms with van der Waals surface area (Å²) in [5.74, 6) is 5.16. The number of nitrogens with zero attached hydrogens (tertiary/aromatic N) is 3. The third-order valence-corrected chi connectivity index (χ3v) is 6.20. The van der Waals surface area contributed by atoms with Crippen molar-refractivity contribution in [3.63, 3.8) is 0 Å². The highest BCUT2D eigenvalue weighted by atomic mass is 16.5. The SMILES string of the molecule is C#Cc1cnc(Nc2cc(OC)cc(OC)c2)nc1NC1CC(C)(C)N(C)C(C)(C)C1. The van der Waals surface area contributed by atoms with Crippen LogP contribution in [0.25, 0.3) is 0 Å². The van der Waals surface area contributed by atoms with Crippen LogP contribution < -0.4 is 20.1 Å². The number of hydrogen-bond acceptors (Lipinski definition) is 7. The predicted molar refractivity (Wildman–Crippen MR) is 125 cm³/mol. The summed E-state index contributed by atoms with van der Waals surface area (Å²) in [6.45, 7) is 9.09. The highest BCUT2D eigenvalue weighted by Crippen LogP contribution is 2.38. The van der Waals surface area contributed by atoms with Crippen LogP contribution in [0.2, 0.25) is 0 Å². The van der Waals surface area contributed by atoms with Gasteiger partial charge in [-0.25, -0.2) is 4.98 Å². The standard InChI is InChI=1S/C24H33N5O2/c1-9-16-15-25-22(27-17-10-19(30-7)12-20(11-17)31-8)28-21(16)26-18-13-23(2,3)29(6)24(4,5)14-18/h1,10-12,15,18H,13-14H2,2-8H3,(H2,25,26,27,28). The summed E-state index contributed by atoms with van der Waals surface area (Å²) >= 11 is 0. The average Bonchev–Trinajstić information content (AvgIpc) is 2.71. The van der Waals surface area contributed by atoms with Crippen LogP contribution in [0.4, 0.5) is 17.5 Å². The van der Waals surface area contributed by atoms with Gasteiger partial charge in [0, 0.05) is 41.0 Å². The summed E-state index contributed by atoms with van der Waals surface area (Å²) in [5.41, 5.74) is 1.52. The number of ether oxygens (including phenoxy) is 2. The minimum Gasteiger partial charge on any atom is -0.497 e. The largest absolute Gasteiger partial charge is 0.497 e. The Balaban J connectivity index is 1.86. The summed E-state index contributed by atoms with van der Waals surface area (Å²) in [5, 5.41) is 6.82. The number of hydrogen-bond donors (Lipinski definition) is 2. The van der Waals surface area contributed by atoms with Crippen molar-refractivity contribution < 1.29 is 9.47 Å². The second-order valence-electron chi connectivity index (χ2n) is 9.26. The fraction of sp³-hybridized carbons (Fsp3) is 0.500. The van der Waals surface area contributed by atoms with Gasteiger partial charge in [-0.3, -0.25) is 4.90 Å². The molecule has 166 valence electrons. The van der Waals surface area contributed by atoms with Gasteiger partial charge in [-0.15, -0.1) is 6.42 Å². The van der Waals surface area contributed by atoms with Gasteiger partial charge in [0.15, 0.2) is 0 Å². The fourth-order valence-corrected chi connectivity index (χ4v) is 4.33. The first-order valence-corrected chi connectivity index (χ1v) is 10.4. The fourth-order valence-electron chi connectivity index (χ4n) is 4.33. The highest BCUT2D eigenvalue weighted by Gasteiger charge is 2.43. The minimum absolute atomic E-state index is 0.0565. The Labute approximate surface area is 185 Å². The summed E-state index contributed by atoms with van der Waals surface area (Å²) < 4.78 is 10.7. The van der Waals surface area contributed by atoms with Gasteiger partial charge in [-0.2, -0.15) is 4.98 Å². The van der Waals surface area contributed by atoms with Crippen molar-refractivity contribution in [1.82, 2.24) is 14.9 Å². The zero-order chi connectivity index (χ0) is 22.8. The smallest absolute Gasteiger partial charge is 0.229 e. The summed E-state index contributed by atoms with van der Waals surface area (Å²) in [7, 11) is 5.42. The van der Waals surface area contributed by atoms with E-state index in [9.17, 15) is 0 Å². The topological polar surface area (TPSA) is 71.5 Å². The molecule has 1 fully saturated rings. The van der Waals surface area contributed by atoms with Gasteiger partial charge in [-0.1, -0.05) is 5.92 Å². The lowest BCUT2D eigenvalue weighted by molar-refractivity contribution is -0.00772. The zero-order valence-corrected chi connectivity index (χ0v) is 19.5. The molecule has 0 saturated carbocycles. The lowest BCUT2D eigenvalue weighted by Crippen LogP contribution is -2.61. The quantitative estimate of drug-likeness (QED) is 0.672. The first kappa shape index (κ1) is 22.7. The average molecular weight is 424 g/mol. The first-order valence-electron chi connectivity index (χ1n) is 10.4. The van der Waals surface area contributed by atoms with E-state index in [-0.39, 0.29) is 17.1 Å². The van der Waals surface area contributed by atoms with Crippen molar-refractivity contribution in [2.24, 2.45) is 0 Å². The number of rotatable bonds is 6. The first-order chi connectivity index (χ1) is 14.6. The number of benzene rings is 1. The molecular formula is C24H33N5O2. The number of anilines is 3. The van der Waals surface area contributed by atoms with E-state index >= 15 is 0 Å². The van der Waals surface area contributed by atoms with Crippen LogP contribution in [0.5, 0.6) is 11.5 Å². The number of piperidine rings is 1. The van der Waals surface area contributed by atoms with Crippen molar-refractivity contribution in [3.8, 4) is 23.8 Å². The predicted octanol–water partition coefficient (Wildman–Crippen LogP) is 4.28. The molecule has 2 N–H and O–H groups in total. The summed E-state index contributed by atoms with van der Waals surface area (Å²) in [6, 6.07) is 5.77. The molecule has 0 bridgehead atoms. The number of likely N-dealkylation sites (tertiary alicyclic amines) is 1. The number of terminal acetylenes is 1. The van der Waals surface area contributed by atoms with Crippen LogP contribution in [-0.4, -0.2) is 53.3 Å². The molecule has 7 heteroatoms. The van der Waals surface area contributed by atoms with Crippen LogP contribution >= 0.6 is 0 Å². The van der Waals surface area contributed by atoms with E-state index in [0.717, 1.165) is 18.5 Å². The number of nitrogens with one attached hydrogen (secondary N) is 2. The van der Waals surface area contributed by atoms with Gasteiger partial charge in [0.25, 0.3) is 0 Å². The molecule has 0 amide bonds. The van der Waals surface area contributed by atoms with Crippen molar-refractivity contribution in [1.29, 1.82) is 0 Å². The maximum Gasteiger partial charge on any atom is 0.229 e. The van der Waals surface area contributed by atoms with Gasteiger partial charge in [0.05, 0.1) is 26.0 Å². The van der Waals surface area contributed by atoms with Gasteiger partial charge < -0.3 is 20.1 Å². The Bertz CT molecular complexity index is 940. The maximum absolute atomic E-state index is 5.73. The van der Waals surface area contributed by atoms with E-state index in [1.54, 1.807) is 20.4 Å². The lowest BCUT2D eigenvalue weighted by Gasteiger charge is -2.53. The molecule has 0 radical (unpaired) electrons. The Hall–Kier alpha value is -2.98. The van der Waals surface area contributed by atoms with Crippen molar-refractivity contribution in [2.75, 3.05) is 31.9 Å². The number of methoxy groups -OCH3 is 2. The van der Waals surface area contributed by atoms with Crippen molar-refractivity contribution in [3.05, 3.63) is 30.0 Å². The molecule has 31 heavy (non-hydrogen) atoms. The van der Waals surface area contributed by atoms with E-state index < -0.39 is 0 Å². The second-order valence-corrected chi connectivity index (χ2v) is 9.26. The lowest BCUT2D eigenvalue weighted by atomic mass is 9.77. The Morgan fingerprint density at radius 1 is 1.06 bits per heavy atom. The summed E-state index contributed by atoms with van der Waals surface area (Å²) in [6.07, 6.45) is 9.36. The molecule has 2 aromatic rings. The van der Waals surface area contributed by atoms with Gasteiger partial charge in [-0.05, 0) is 47.6 Å². The van der Waals surface area contributed by atoms with Crippen molar-refractivity contribution >= 4 is 17.5 Å². The van der Waals surface area contributed by atoms with Crippen LogP contribution in [0.15, 0.2) is 24.4 Å². The van der Waals surface area contributed by atoms with Crippen LogP contribution in [-0.2, 0) is 0 Å². The van der Waals surface area contributed by atoms with E-state index in [1.807, 2.05) is 18.2 Å². The summed E-state index contributed by atoms with van der Waals surface area (Å²) in [4.78, 5) is 11.5. The van der Waals surface area contributed by atoms with E-state index in [4.69, 9.17) is 15.9 Å². The van der Waals surface area contributed by atoms with E-state index in [2.05, 4.69) is 66.2 Å². The second kappa shape index (κ2) is 8.64. The molecule has 1 aliphatic heterocycles. The third kappa shape index (κ3) is 5.02. The third-order valence-electron chi connectivity index (χ3n) is 6.20. The molecule has 7 nitrogen and oxygen atoms in total. The molecule has 0 aliphatic carbocycles. The molecule has 1 saturated heterocycles. The molecule has 2 heterocycles. The van der Waals surface area contributed by atoms with Gasteiger partial charge in [0.1, 0.15) is 17.3 Å². The van der Waals surface area contributed by atoms with Crippen LogP contribution in [0.1, 0.15) is 46.1 Å². The Morgan fingerprint density at radius 2 is 1.65 bits per heavy atom. The van der Waals surface area contributed by atoms with Gasteiger partial charge in [0.2, 0.25) is 5.95 Å². The van der Waals surface area contributed by atoms with Crippen LogP contribution in [0, 0.1) is 12.3 Å². The monoisotopic (exact) mass is 423 g/mol. The molecule has 0 spiro atoms. The Morgan fingerprint density at radius 3 is 2.16 bits per heavy atom. The van der Waals surface area contributed by atoms with Gasteiger partial charge >= 0.3 is 0 Å². The highest BCUT2D eigenvalue weighted by molar-refractivity contribution is 5.62. The minimum atomic E-state index is 0.0565. The van der Waals surface area contributed by atoms with E-state index in [0.29, 0.717) is 28.8 Å². The maximum atomic E-state index is 5.73. The molecule has 0 atom stereocenters. The normalized spacial score (nSPS) is 18.1. The van der Waals surface area contributed by atoms with E-state index in [1.165, 1.54) is 0 Å². The van der Waals surface area contributed by atoms with Crippen molar-refractivity contribution in [2.45, 2.75) is 57.7 Å².